The highest BCUT2D eigenvalue weighted by Gasteiger charge is 2.70. The summed E-state index contributed by atoms with van der Waals surface area (Å²) in [6.07, 6.45) is -16.7. The fourth-order valence-electron chi connectivity index (χ4n) is 14.5. The summed E-state index contributed by atoms with van der Waals surface area (Å²) in [6.45, 7) is 14.9. The number of allylic oxidation sites excluding steroid dienone is 1. The fraction of sp³-hybridized carbons (Fsp3) is 0.959. The second-order valence-corrected chi connectivity index (χ2v) is 23.4. The van der Waals surface area contributed by atoms with Gasteiger partial charge in [-0.1, -0.05) is 53.2 Å². The first kappa shape index (κ1) is 54.7. The number of ether oxygens (including phenoxy) is 6. The summed E-state index contributed by atoms with van der Waals surface area (Å²) in [5.74, 6) is 0.489. The highest BCUT2D eigenvalue weighted by atomic mass is 16.8. The molecule has 3 aliphatic heterocycles. The smallest absolute Gasteiger partial charge is 0.187 e. The molecule has 3 heterocycles. The van der Waals surface area contributed by atoms with Gasteiger partial charge >= 0.3 is 0 Å². The van der Waals surface area contributed by atoms with Crippen LogP contribution in [-0.4, -0.2) is 202 Å². The van der Waals surface area contributed by atoms with Gasteiger partial charge in [0.1, 0.15) is 67.1 Å². The molecule has 19 nitrogen and oxygen atoms in total. The van der Waals surface area contributed by atoms with E-state index >= 15 is 0 Å². The van der Waals surface area contributed by atoms with E-state index in [1.165, 1.54) is 5.57 Å². The van der Waals surface area contributed by atoms with E-state index in [1.54, 1.807) is 13.8 Å². The molecule has 7 aliphatic rings. The van der Waals surface area contributed by atoms with Crippen LogP contribution in [-0.2, 0) is 28.4 Å². The Morgan fingerprint density at radius 2 is 1.24 bits per heavy atom. The van der Waals surface area contributed by atoms with Crippen molar-refractivity contribution in [2.24, 2.45) is 45.3 Å². The summed E-state index contributed by atoms with van der Waals surface area (Å²) in [5, 5.41) is 139. The van der Waals surface area contributed by atoms with Crippen molar-refractivity contribution in [3.05, 3.63) is 11.6 Å². The minimum atomic E-state index is -1.83. The average molecular weight is 977 g/mol. The number of aliphatic hydroxyl groups is 13. The van der Waals surface area contributed by atoms with Gasteiger partial charge in [0.05, 0.1) is 43.2 Å². The third-order valence-corrected chi connectivity index (χ3v) is 18.9. The molecule has 7 rings (SSSR count). The minimum Gasteiger partial charge on any atom is -0.396 e. The van der Waals surface area contributed by atoms with Crippen LogP contribution in [0.15, 0.2) is 11.6 Å². The molecule has 0 aromatic heterocycles. The Bertz CT molecular complexity index is 1730. The van der Waals surface area contributed by atoms with Crippen molar-refractivity contribution in [3.8, 4) is 0 Å². The zero-order valence-electron chi connectivity index (χ0n) is 41.0. The summed E-state index contributed by atoms with van der Waals surface area (Å²) in [4.78, 5) is 0. The normalized spacial score (nSPS) is 50.4. The van der Waals surface area contributed by atoms with E-state index in [-0.39, 0.29) is 47.5 Å². The van der Waals surface area contributed by atoms with Gasteiger partial charge in [0.2, 0.25) is 0 Å². The standard InChI is InChI=1S/C49H84O19/c1-22(9-13-32(46(4,5)62)67-44-41(38(59)35(56)28(21-52)65-44)68-43-40(61)37(58)34(55)27(20-51)64-43)23-15-17-47(6)29-12-10-24-25(49(29,8)30(53)19-48(23,47)7)11-14-31(45(24,2)3)66-42-39(60)36(57)33(54)26(63-42)16-18-50/h10,22-23,25-44,50-62H,9,11-21H2,1-8H3/t22-,23?,25?,26-,27-,28-,29?,30-,31+,32-,33-,34-,35-,36+,37+,38+,39-,40-,41-,42+,43+,44+,47+,48-,49+/m1/s1. The van der Waals surface area contributed by atoms with Gasteiger partial charge < -0.3 is 94.8 Å². The molecule has 3 saturated carbocycles. The van der Waals surface area contributed by atoms with Crippen molar-refractivity contribution in [2.75, 3.05) is 19.8 Å². The van der Waals surface area contributed by atoms with Gasteiger partial charge in [0.25, 0.3) is 0 Å². The van der Waals surface area contributed by atoms with Crippen molar-refractivity contribution in [2.45, 2.75) is 229 Å². The lowest BCUT2D eigenvalue weighted by Crippen LogP contribution is -2.65. The molecule has 13 N–H and O–H groups in total. The molecule has 0 aromatic rings. The zero-order chi connectivity index (χ0) is 50.2. The van der Waals surface area contributed by atoms with E-state index in [9.17, 15) is 66.4 Å². The molecule has 3 saturated heterocycles. The Morgan fingerprint density at radius 1 is 0.676 bits per heavy atom. The summed E-state index contributed by atoms with van der Waals surface area (Å²) >= 11 is 0. The molecule has 394 valence electrons. The summed E-state index contributed by atoms with van der Waals surface area (Å²) in [5.41, 5.74) is -1.67. The maximum absolute atomic E-state index is 12.6. The summed E-state index contributed by atoms with van der Waals surface area (Å²) < 4.78 is 36.2. The lowest BCUT2D eigenvalue weighted by Gasteiger charge is -2.67. The summed E-state index contributed by atoms with van der Waals surface area (Å²) in [7, 11) is 0. The molecule has 6 fully saturated rings. The predicted octanol–water partition coefficient (Wildman–Crippen LogP) is -0.666. The van der Waals surface area contributed by atoms with Crippen LogP contribution in [0.5, 0.6) is 0 Å². The molecular formula is C49H84O19. The second kappa shape index (κ2) is 20.4. The number of hydrogen-bond donors (Lipinski definition) is 13. The van der Waals surface area contributed by atoms with Crippen LogP contribution < -0.4 is 0 Å². The maximum atomic E-state index is 12.6. The number of fused-ring (bicyclic) bond motifs is 5. The third-order valence-electron chi connectivity index (χ3n) is 18.9. The number of aliphatic hydroxyl groups excluding tert-OH is 12. The van der Waals surface area contributed by atoms with E-state index in [0.717, 1.165) is 25.7 Å². The Hall–Kier alpha value is -1.02. The van der Waals surface area contributed by atoms with Crippen LogP contribution in [0.4, 0.5) is 0 Å². The number of rotatable bonds is 15. The second-order valence-electron chi connectivity index (χ2n) is 23.4. The van der Waals surface area contributed by atoms with Gasteiger partial charge in [-0.05, 0) is 106 Å². The fourth-order valence-corrected chi connectivity index (χ4v) is 14.5. The minimum absolute atomic E-state index is 0.0565. The molecule has 0 amide bonds. The van der Waals surface area contributed by atoms with E-state index in [0.29, 0.717) is 25.7 Å². The molecule has 3 unspecified atom stereocenters. The van der Waals surface area contributed by atoms with E-state index in [4.69, 9.17) is 28.4 Å². The molecule has 4 aliphatic carbocycles. The first-order chi connectivity index (χ1) is 31.7. The molecule has 19 heteroatoms. The van der Waals surface area contributed by atoms with Gasteiger partial charge in [-0.15, -0.1) is 0 Å². The largest absolute Gasteiger partial charge is 0.396 e. The van der Waals surface area contributed by atoms with Crippen LogP contribution >= 0.6 is 0 Å². The lowest BCUT2D eigenvalue weighted by atomic mass is 9.38. The average Bonchev–Trinajstić information content (AvgIpc) is 3.55. The van der Waals surface area contributed by atoms with E-state index < -0.39 is 140 Å². The van der Waals surface area contributed by atoms with Crippen molar-refractivity contribution >= 4 is 0 Å². The van der Waals surface area contributed by atoms with Crippen LogP contribution in [0, 0.1) is 45.3 Å². The monoisotopic (exact) mass is 977 g/mol. The molecule has 25 atom stereocenters. The Morgan fingerprint density at radius 3 is 1.82 bits per heavy atom. The predicted molar refractivity (Wildman–Crippen MR) is 240 cm³/mol. The first-order valence-corrected chi connectivity index (χ1v) is 25.0. The Balaban J connectivity index is 1.06. The van der Waals surface area contributed by atoms with E-state index in [2.05, 4.69) is 47.6 Å². The van der Waals surface area contributed by atoms with Crippen molar-refractivity contribution < 1.29 is 94.8 Å². The van der Waals surface area contributed by atoms with Gasteiger partial charge in [0, 0.05) is 17.4 Å². The Labute approximate surface area is 400 Å². The topological polar surface area (TPSA) is 318 Å². The van der Waals surface area contributed by atoms with Gasteiger partial charge in [-0.25, -0.2) is 0 Å². The molecular weight excluding hydrogens is 893 g/mol. The molecule has 0 spiro atoms. The van der Waals surface area contributed by atoms with Crippen LogP contribution in [0.3, 0.4) is 0 Å². The third kappa shape index (κ3) is 9.32. The van der Waals surface area contributed by atoms with E-state index in [1.807, 2.05) is 0 Å². The SMILES string of the molecule is C[C@H](CC[C@@H](O[C@@H]1O[C@H](CO)[C@@H](O)[C@H](O)[C@H]1O[C@@H]1O[C@H](CO)[C@@H](O)[C@H](O)[C@H]1O)C(C)(C)O)C1CC[C@@]2(C)C3CC=C4C(CC[C@H](O[C@@H]5O[C@H](CCO)[C@@H](O)[C@H](O)[C@H]5O)C4(C)C)[C@]3(C)[C@H](O)C[C@]12C. The zero-order valence-corrected chi connectivity index (χ0v) is 41.0. The van der Waals surface area contributed by atoms with Crippen molar-refractivity contribution in [3.63, 3.8) is 0 Å². The van der Waals surface area contributed by atoms with Crippen LogP contribution in [0.25, 0.3) is 0 Å². The quantitative estimate of drug-likeness (QED) is 0.0906. The first-order valence-electron chi connectivity index (χ1n) is 25.0. The maximum Gasteiger partial charge on any atom is 0.187 e. The lowest BCUT2D eigenvalue weighted by molar-refractivity contribution is -0.375. The van der Waals surface area contributed by atoms with Gasteiger partial charge in [-0.3, -0.25) is 0 Å². The Kier molecular flexibility index (Phi) is 16.4. The van der Waals surface area contributed by atoms with Crippen molar-refractivity contribution in [1.29, 1.82) is 0 Å². The summed E-state index contributed by atoms with van der Waals surface area (Å²) in [6, 6.07) is 0. The van der Waals surface area contributed by atoms with Gasteiger partial charge in [0.15, 0.2) is 18.9 Å². The van der Waals surface area contributed by atoms with Crippen LogP contribution in [0.1, 0.15) is 113 Å². The molecule has 0 aromatic carbocycles. The van der Waals surface area contributed by atoms with Gasteiger partial charge in [-0.2, -0.15) is 0 Å². The number of hydrogen-bond acceptors (Lipinski definition) is 19. The molecule has 0 radical (unpaired) electrons. The van der Waals surface area contributed by atoms with Crippen LogP contribution in [0.2, 0.25) is 0 Å². The highest BCUT2D eigenvalue weighted by Crippen LogP contribution is 2.75. The molecule has 0 bridgehead atoms. The molecule has 68 heavy (non-hydrogen) atoms. The highest BCUT2D eigenvalue weighted by molar-refractivity contribution is 5.32. The van der Waals surface area contributed by atoms with Crippen molar-refractivity contribution in [1.82, 2.24) is 0 Å².